The Labute approximate surface area is 122 Å². The van der Waals surface area contributed by atoms with E-state index < -0.39 is 0 Å². The number of hydrogen-bond acceptors (Lipinski definition) is 5. The molecule has 0 fully saturated rings. The number of thioether (sulfide) groups is 1. The Balaban J connectivity index is 2.39. The van der Waals surface area contributed by atoms with Crippen LogP contribution in [0.2, 0.25) is 0 Å². The molecule has 0 aliphatic heterocycles. The number of hydrogen-bond donors (Lipinski definition) is 0. The highest BCUT2D eigenvalue weighted by atomic mass is 32.2. The lowest BCUT2D eigenvalue weighted by Gasteiger charge is -2.07. The van der Waals surface area contributed by atoms with E-state index in [9.17, 15) is 0 Å². The van der Waals surface area contributed by atoms with Crippen LogP contribution in [0.4, 0.5) is 0 Å². The first-order valence-corrected chi connectivity index (χ1v) is 7.20. The number of imidazole rings is 1. The largest absolute Gasteiger partial charge is 0.493 e. The van der Waals surface area contributed by atoms with Gasteiger partial charge in [0.15, 0.2) is 16.7 Å². The Hall–Kier alpha value is -1.87. The molecule has 5 nitrogen and oxygen atoms in total. The van der Waals surface area contributed by atoms with Gasteiger partial charge >= 0.3 is 0 Å². The van der Waals surface area contributed by atoms with E-state index in [1.165, 1.54) is 0 Å². The maximum atomic E-state index is 8.83. The average Bonchev–Trinajstić information content (AvgIpc) is 2.79. The van der Waals surface area contributed by atoms with Crippen molar-refractivity contribution in [1.82, 2.24) is 9.55 Å². The molecule has 1 heterocycles. The number of ether oxygens (including phenoxy) is 2. The number of benzene rings is 1. The lowest BCUT2D eigenvalue weighted by atomic mass is 10.2. The molecule has 0 saturated carbocycles. The summed E-state index contributed by atoms with van der Waals surface area (Å²) in [4.78, 5) is 4.58. The van der Waals surface area contributed by atoms with Gasteiger partial charge in [0.25, 0.3) is 0 Å². The molecule has 1 unspecified atom stereocenters. The van der Waals surface area contributed by atoms with Crippen LogP contribution in [0, 0.1) is 17.2 Å². The second-order valence-electron chi connectivity index (χ2n) is 4.49. The van der Waals surface area contributed by atoms with Gasteiger partial charge in [0.2, 0.25) is 0 Å². The molecular weight excluding hydrogens is 274 g/mol. The van der Waals surface area contributed by atoms with E-state index in [2.05, 4.69) is 11.1 Å². The second kappa shape index (κ2) is 6.06. The van der Waals surface area contributed by atoms with Gasteiger partial charge in [-0.1, -0.05) is 11.8 Å². The van der Waals surface area contributed by atoms with Crippen LogP contribution in [-0.4, -0.2) is 29.5 Å². The molecule has 0 aliphatic rings. The summed E-state index contributed by atoms with van der Waals surface area (Å²) in [6.07, 6.45) is 0. The van der Waals surface area contributed by atoms with Crippen LogP contribution < -0.4 is 9.47 Å². The molecule has 1 atom stereocenters. The fraction of sp³-hybridized carbons (Fsp3) is 0.429. The van der Waals surface area contributed by atoms with Gasteiger partial charge in [-0.25, -0.2) is 4.98 Å². The number of rotatable bonds is 5. The SMILES string of the molecule is COc1cc2nc(SCC(C)C#N)n(C)c2cc1OC. The molecule has 1 aromatic carbocycles. The van der Waals surface area contributed by atoms with Crippen LogP contribution in [0.25, 0.3) is 11.0 Å². The van der Waals surface area contributed by atoms with Crippen molar-refractivity contribution >= 4 is 22.8 Å². The lowest BCUT2D eigenvalue weighted by molar-refractivity contribution is 0.355. The Morgan fingerprint density at radius 3 is 2.60 bits per heavy atom. The first-order valence-electron chi connectivity index (χ1n) is 6.21. The third-order valence-electron chi connectivity index (χ3n) is 3.03. The number of methoxy groups -OCH3 is 2. The predicted molar refractivity (Wildman–Crippen MR) is 79.3 cm³/mol. The summed E-state index contributed by atoms with van der Waals surface area (Å²) in [5.74, 6) is 2.08. The van der Waals surface area contributed by atoms with Crippen molar-refractivity contribution < 1.29 is 9.47 Å². The van der Waals surface area contributed by atoms with E-state index in [0.29, 0.717) is 11.5 Å². The summed E-state index contributed by atoms with van der Waals surface area (Å²) >= 11 is 1.58. The zero-order valence-electron chi connectivity index (χ0n) is 12.0. The van der Waals surface area contributed by atoms with Gasteiger partial charge in [-0.05, 0) is 6.92 Å². The zero-order chi connectivity index (χ0) is 14.7. The first kappa shape index (κ1) is 14.5. The number of fused-ring (bicyclic) bond motifs is 1. The molecular formula is C14H17N3O2S. The summed E-state index contributed by atoms with van der Waals surface area (Å²) in [6, 6.07) is 6.01. The highest BCUT2D eigenvalue weighted by Crippen LogP contribution is 2.33. The van der Waals surface area contributed by atoms with Gasteiger partial charge in [-0.2, -0.15) is 5.26 Å². The molecule has 0 saturated heterocycles. The van der Waals surface area contributed by atoms with E-state index in [0.717, 1.165) is 21.9 Å². The molecule has 0 bridgehead atoms. The molecule has 0 N–H and O–H groups in total. The summed E-state index contributed by atoms with van der Waals surface area (Å²) in [7, 11) is 5.18. The predicted octanol–water partition coefficient (Wildman–Crippen LogP) is 2.84. The normalized spacial score (nSPS) is 12.2. The molecule has 2 rings (SSSR count). The van der Waals surface area contributed by atoms with Crippen LogP contribution >= 0.6 is 11.8 Å². The van der Waals surface area contributed by atoms with Crippen LogP contribution in [0.15, 0.2) is 17.3 Å². The molecule has 0 aliphatic carbocycles. The molecule has 0 spiro atoms. The molecule has 106 valence electrons. The maximum Gasteiger partial charge on any atom is 0.168 e. The number of nitriles is 1. The quantitative estimate of drug-likeness (QED) is 0.793. The molecule has 0 amide bonds. The minimum absolute atomic E-state index is 0.00360. The Kier molecular flexibility index (Phi) is 4.40. The molecule has 0 radical (unpaired) electrons. The van der Waals surface area contributed by atoms with Crippen molar-refractivity contribution in [1.29, 1.82) is 5.26 Å². The number of aromatic nitrogens is 2. The van der Waals surface area contributed by atoms with Gasteiger partial charge < -0.3 is 14.0 Å². The van der Waals surface area contributed by atoms with Crippen molar-refractivity contribution in [2.75, 3.05) is 20.0 Å². The molecule has 20 heavy (non-hydrogen) atoms. The summed E-state index contributed by atoms with van der Waals surface area (Å²) in [5, 5.41) is 9.72. The first-order chi connectivity index (χ1) is 9.60. The Morgan fingerprint density at radius 1 is 1.35 bits per heavy atom. The third-order valence-corrected chi connectivity index (χ3v) is 4.32. The van der Waals surface area contributed by atoms with E-state index >= 15 is 0 Å². The highest BCUT2D eigenvalue weighted by Gasteiger charge is 2.14. The maximum absolute atomic E-state index is 8.83. The molecule has 2 aromatic rings. The van der Waals surface area contributed by atoms with Gasteiger partial charge in [-0.3, -0.25) is 0 Å². The van der Waals surface area contributed by atoms with Gasteiger partial charge in [0.1, 0.15) is 0 Å². The van der Waals surface area contributed by atoms with Crippen LogP contribution in [0.5, 0.6) is 11.5 Å². The van der Waals surface area contributed by atoms with Crippen LogP contribution in [0.3, 0.4) is 0 Å². The summed E-state index contributed by atoms with van der Waals surface area (Å²) in [5.41, 5.74) is 1.84. The average molecular weight is 291 g/mol. The monoisotopic (exact) mass is 291 g/mol. The van der Waals surface area contributed by atoms with Crippen LogP contribution in [0.1, 0.15) is 6.92 Å². The van der Waals surface area contributed by atoms with E-state index in [1.807, 2.05) is 30.7 Å². The Morgan fingerprint density at radius 2 is 2.00 bits per heavy atom. The van der Waals surface area contributed by atoms with Gasteiger partial charge in [0, 0.05) is 24.9 Å². The topological polar surface area (TPSA) is 60.1 Å². The second-order valence-corrected chi connectivity index (χ2v) is 5.48. The standard InChI is InChI=1S/C14H17N3O2S/c1-9(7-15)8-20-14-16-10-5-12(18-3)13(19-4)6-11(10)17(14)2/h5-6,9H,8H2,1-4H3. The third kappa shape index (κ3) is 2.68. The van der Waals surface area contributed by atoms with Crippen LogP contribution in [-0.2, 0) is 7.05 Å². The summed E-state index contributed by atoms with van der Waals surface area (Å²) in [6.45, 7) is 1.90. The smallest absolute Gasteiger partial charge is 0.168 e. The fourth-order valence-corrected chi connectivity index (χ4v) is 2.79. The van der Waals surface area contributed by atoms with Crippen molar-refractivity contribution in [2.45, 2.75) is 12.1 Å². The van der Waals surface area contributed by atoms with Crippen molar-refractivity contribution in [3.05, 3.63) is 12.1 Å². The zero-order valence-corrected chi connectivity index (χ0v) is 12.8. The van der Waals surface area contributed by atoms with Crippen molar-refractivity contribution in [3.63, 3.8) is 0 Å². The van der Waals surface area contributed by atoms with E-state index in [4.69, 9.17) is 14.7 Å². The lowest BCUT2D eigenvalue weighted by Crippen LogP contribution is -1.97. The van der Waals surface area contributed by atoms with E-state index in [1.54, 1.807) is 26.0 Å². The minimum atomic E-state index is 0.00360. The summed E-state index contributed by atoms with van der Waals surface area (Å²) < 4.78 is 12.6. The van der Waals surface area contributed by atoms with Gasteiger partial charge in [0.05, 0.1) is 37.2 Å². The molecule has 6 heteroatoms. The highest BCUT2D eigenvalue weighted by molar-refractivity contribution is 7.99. The fourth-order valence-electron chi connectivity index (χ4n) is 1.86. The number of nitrogens with zero attached hydrogens (tertiary/aromatic N) is 3. The van der Waals surface area contributed by atoms with Gasteiger partial charge in [-0.15, -0.1) is 0 Å². The van der Waals surface area contributed by atoms with Crippen molar-refractivity contribution in [2.24, 2.45) is 13.0 Å². The van der Waals surface area contributed by atoms with Crippen molar-refractivity contribution in [3.8, 4) is 17.6 Å². The molecule has 1 aromatic heterocycles. The number of aryl methyl sites for hydroxylation is 1. The van der Waals surface area contributed by atoms with E-state index in [-0.39, 0.29) is 5.92 Å². The minimum Gasteiger partial charge on any atom is -0.493 e. The Bertz CT molecular complexity index is 660.